The largest absolute Gasteiger partial charge is 0.456 e. The van der Waals surface area contributed by atoms with E-state index in [-0.39, 0.29) is 0 Å². The van der Waals surface area contributed by atoms with Gasteiger partial charge in [-0.1, -0.05) is 91.5 Å². The van der Waals surface area contributed by atoms with Gasteiger partial charge in [0.15, 0.2) is 0 Å². The zero-order valence-corrected chi connectivity index (χ0v) is 19.1. The number of hydrogen-bond donors (Lipinski definition) is 0. The quantitative estimate of drug-likeness (QED) is 0.264. The maximum Gasteiger partial charge on any atom is 0.136 e. The number of furan rings is 1. The lowest BCUT2D eigenvalue weighted by Gasteiger charge is -2.14. The lowest BCUT2D eigenvalue weighted by atomic mass is 9.88. The summed E-state index contributed by atoms with van der Waals surface area (Å²) < 4.78 is 6.03. The van der Waals surface area contributed by atoms with Crippen molar-refractivity contribution < 1.29 is 4.42 Å². The van der Waals surface area contributed by atoms with Crippen LogP contribution in [0.1, 0.15) is 16.9 Å². The maximum absolute atomic E-state index is 10.1. The Morgan fingerprint density at radius 1 is 0.794 bits per heavy atom. The molecule has 0 amide bonds. The number of nitrogens with zero attached hydrogens (tertiary/aromatic N) is 1. The van der Waals surface area contributed by atoms with Gasteiger partial charge in [-0.15, -0.1) is 0 Å². The summed E-state index contributed by atoms with van der Waals surface area (Å²) in [6, 6.07) is 32.6. The van der Waals surface area contributed by atoms with Crippen molar-refractivity contribution in [1.82, 2.24) is 0 Å². The molecule has 162 valence electrons. The minimum absolute atomic E-state index is 0.414. The third-order valence-electron chi connectivity index (χ3n) is 5.93. The molecule has 0 saturated carbocycles. The molecule has 0 aliphatic rings. The molecular weight excluding hydrogens is 438 g/mol. The molecule has 2 nitrogen and oxygen atoms in total. The van der Waals surface area contributed by atoms with Gasteiger partial charge < -0.3 is 4.42 Å². The number of fused-ring (bicyclic) bond motifs is 1. The smallest absolute Gasteiger partial charge is 0.136 e. The van der Waals surface area contributed by atoms with Gasteiger partial charge in [-0.25, -0.2) is 0 Å². The fraction of sp³-hybridized carbons (Fsp3) is 0. The SMILES string of the molecule is C=Cc1oc2cc(-c3cc(-c4ccccc4)c(C#N)c(-c4ccccc4)c3)ccc2c1C(=C)Cl. The highest BCUT2D eigenvalue weighted by Gasteiger charge is 2.18. The van der Waals surface area contributed by atoms with Crippen LogP contribution < -0.4 is 0 Å². The zero-order valence-electron chi connectivity index (χ0n) is 18.4. The van der Waals surface area contributed by atoms with Crippen LogP contribution in [0.5, 0.6) is 0 Å². The molecule has 0 radical (unpaired) electrons. The number of rotatable bonds is 5. The molecule has 0 N–H and O–H groups in total. The van der Waals surface area contributed by atoms with Crippen LogP contribution in [0.25, 0.3) is 55.5 Å². The fourth-order valence-electron chi connectivity index (χ4n) is 4.34. The highest BCUT2D eigenvalue weighted by molar-refractivity contribution is 6.49. The Balaban J connectivity index is 1.78. The molecule has 0 unspecified atom stereocenters. The molecule has 0 atom stereocenters. The number of nitriles is 1. The van der Waals surface area contributed by atoms with Gasteiger partial charge in [0.2, 0.25) is 0 Å². The second kappa shape index (κ2) is 8.90. The third-order valence-corrected chi connectivity index (χ3v) is 6.12. The van der Waals surface area contributed by atoms with Crippen LogP contribution in [0, 0.1) is 11.3 Å². The number of benzene rings is 4. The van der Waals surface area contributed by atoms with Crippen molar-refractivity contribution in [1.29, 1.82) is 5.26 Å². The van der Waals surface area contributed by atoms with E-state index >= 15 is 0 Å². The summed E-state index contributed by atoms with van der Waals surface area (Å²) in [5.74, 6) is 0.599. The molecule has 1 aromatic heterocycles. The molecule has 0 bridgehead atoms. The Morgan fingerprint density at radius 3 is 1.88 bits per heavy atom. The van der Waals surface area contributed by atoms with Gasteiger partial charge in [-0.05, 0) is 52.6 Å². The summed E-state index contributed by atoms with van der Waals surface area (Å²) in [6.07, 6.45) is 1.64. The summed E-state index contributed by atoms with van der Waals surface area (Å²) in [4.78, 5) is 0. The summed E-state index contributed by atoms with van der Waals surface area (Å²) >= 11 is 6.24. The van der Waals surface area contributed by atoms with E-state index in [0.29, 0.717) is 21.9 Å². The molecule has 0 spiro atoms. The predicted molar refractivity (Wildman–Crippen MR) is 142 cm³/mol. The fourth-order valence-corrected chi connectivity index (χ4v) is 4.53. The van der Waals surface area contributed by atoms with Crippen molar-refractivity contribution >= 4 is 33.7 Å². The van der Waals surface area contributed by atoms with Crippen LogP contribution in [0.4, 0.5) is 0 Å². The normalized spacial score (nSPS) is 10.7. The van der Waals surface area contributed by atoms with Crippen LogP contribution in [0.2, 0.25) is 0 Å². The molecule has 5 aromatic rings. The van der Waals surface area contributed by atoms with Crippen LogP contribution >= 0.6 is 11.6 Å². The minimum Gasteiger partial charge on any atom is -0.456 e. The van der Waals surface area contributed by atoms with Gasteiger partial charge in [0, 0.05) is 27.1 Å². The second-order valence-electron chi connectivity index (χ2n) is 7.95. The number of halogens is 1. The molecule has 34 heavy (non-hydrogen) atoms. The Kier molecular flexibility index (Phi) is 5.64. The zero-order chi connectivity index (χ0) is 23.7. The molecule has 4 aromatic carbocycles. The van der Waals surface area contributed by atoms with Gasteiger partial charge in [0.1, 0.15) is 17.4 Å². The highest BCUT2D eigenvalue weighted by Crippen LogP contribution is 2.39. The van der Waals surface area contributed by atoms with Crippen LogP contribution in [0.15, 0.2) is 109 Å². The lowest BCUT2D eigenvalue weighted by molar-refractivity contribution is 0.603. The molecule has 3 heteroatoms. The van der Waals surface area contributed by atoms with E-state index in [9.17, 15) is 5.26 Å². The number of hydrogen-bond acceptors (Lipinski definition) is 2. The monoisotopic (exact) mass is 457 g/mol. The van der Waals surface area contributed by atoms with E-state index in [2.05, 4.69) is 31.4 Å². The van der Waals surface area contributed by atoms with Crippen molar-refractivity contribution in [2.75, 3.05) is 0 Å². The topological polar surface area (TPSA) is 36.9 Å². The molecule has 0 aliphatic heterocycles. The van der Waals surface area contributed by atoms with Crippen molar-refractivity contribution in [3.05, 3.63) is 121 Å². The summed E-state index contributed by atoms with van der Waals surface area (Å²) in [7, 11) is 0. The van der Waals surface area contributed by atoms with E-state index in [1.54, 1.807) is 6.08 Å². The van der Waals surface area contributed by atoms with E-state index in [0.717, 1.165) is 44.3 Å². The van der Waals surface area contributed by atoms with E-state index < -0.39 is 0 Å². The van der Waals surface area contributed by atoms with Crippen molar-refractivity contribution in [2.24, 2.45) is 0 Å². The van der Waals surface area contributed by atoms with Crippen LogP contribution in [-0.2, 0) is 0 Å². The Morgan fingerprint density at radius 2 is 1.38 bits per heavy atom. The Hall–Kier alpha value is -4.32. The van der Waals surface area contributed by atoms with E-state index in [4.69, 9.17) is 16.0 Å². The molecule has 0 aliphatic carbocycles. The lowest BCUT2D eigenvalue weighted by Crippen LogP contribution is -1.92. The third kappa shape index (κ3) is 3.73. The summed E-state index contributed by atoms with van der Waals surface area (Å²) in [6.45, 7) is 7.71. The van der Waals surface area contributed by atoms with Gasteiger partial charge in [0.25, 0.3) is 0 Å². The first-order valence-corrected chi connectivity index (χ1v) is 11.2. The molecule has 0 fully saturated rings. The molecule has 5 rings (SSSR count). The first kappa shape index (κ1) is 21.5. The van der Waals surface area contributed by atoms with Crippen molar-refractivity contribution in [3.63, 3.8) is 0 Å². The average Bonchev–Trinajstić information content (AvgIpc) is 3.27. The first-order valence-electron chi connectivity index (χ1n) is 10.8. The van der Waals surface area contributed by atoms with Crippen molar-refractivity contribution in [3.8, 4) is 39.4 Å². The van der Waals surface area contributed by atoms with Crippen molar-refractivity contribution in [2.45, 2.75) is 0 Å². The molecule has 1 heterocycles. The average molecular weight is 458 g/mol. The van der Waals surface area contributed by atoms with Crippen LogP contribution in [-0.4, -0.2) is 0 Å². The minimum atomic E-state index is 0.414. The summed E-state index contributed by atoms with van der Waals surface area (Å²) in [5, 5.41) is 11.4. The highest BCUT2D eigenvalue weighted by atomic mass is 35.5. The van der Waals surface area contributed by atoms with E-state index in [1.807, 2.05) is 78.9 Å². The summed E-state index contributed by atoms with van der Waals surface area (Å²) in [5.41, 5.74) is 7.84. The second-order valence-corrected chi connectivity index (χ2v) is 8.41. The van der Waals surface area contributed by atoms with Gasteiger partial charge in [-0.2, -0.15) is 5.26 Å². The predicted octanol–water partition coefficient (Wildman–Crippen LogP) is 9.16. The standard InChI is InChI=1S/C31H20ClNO/c1-3-29-31(20(2)32)25-15-14-23(18-30(25)34-29)24-16-26(21-10-6-4-7-11-21)28(19-33)27(17-24)22-12-8-5-9-13-22/h3-18H,1-2H2. The van der Waals surface area contributed by atoms with Gasteiger partial charge in [-0.3, -0.25) is 0 Å². The van der Waals surface area contributed by atoms with Gasteiger partial charge >= 0.3 is 0 Å². The molecular formula is C31H20ClNO. The maximum atomic E-state index is 10.1. The van der Waals surface area contributed by atoms with Crippen LogP contribution in [0.3, 0.4) is 0 Å². The Bertz CT molecular complexity index is 1530. The molecule has 0 saturated heterocycles. The first-order chi connectivity index (χ1) is 16.6. The van der Waals surface area contributed by atoms with E-state index in [1.165, 1.54) is 0 Å². The van der Waals surface area contributed by atoms with Gasteiger partial charge in [0.05, 0.1) is 5.56 Å². The Labute approximate surface area is 203 Å².